The predicted octanol–water partition coefficient (Wildman–Crippen LogP) is 2.17. The van der Waals surface area contributed by atoms with Gasteiger partial charge in [0.05, 0.1) is 0 Å². The van der Waals surface area contributed by atoms with Gasteiger partial charge in [-0.3, -0.25) is 9.30 Å². The second-order valence-electron chi connectivity index (χ2n) is 7.62. The molecule has 0 unspecified atom stereocenters. The van der Waals surface area contributed by atoms with Crippen molar-refractivity contribution < 1.29 is 4.42 Å². The minimum atomic E-state index is -0.287. The number of aryl methyl sites for hydroxylation is 2. The van der Waals surface area contributed by atoms with E-state index in [0.29, 0.717) is 11.4 Å². The molecule has 3 aromatic heterocycles. The minimum Gasteiger partial charge on any atom is -0.422 e. The minimum absolute atomic E-state index is 0.287. The first kappa shape index (κ1) is 17.8. The molecule has 8 heteroatoms. The van der Waals surface area contributed by atoms with Crippen molar-refractivity contribution in [1.82, 2.24) is 24.5 Å². The molecular formula is C21H22N6O2. The summed E-state index contributed by atoms with van der Waals surface area (Å²) in [5.41, 5.74) is 3.61. The molecule has 29 heavy (non-hydrogen) atoms. The molecule has 0 spiro atoms. The third-order valence-electron chi connectivity index (χ3n) is 5.54. The Morgan fingerprint density at radius 3 is 2.76 bits per heavy atom. The SMILES string of the molecule is Cc1cc(C)c2oc(=O)cc(CN3CCN(c4ccnc5nncn45)CC3)c2c1. The molecular weight excluding hydrogens is 368 g/mol. The molecule has 0 radical (unpaired) electrons. The van der Waals surface area contributed by atoms with Crippen molar-refractivity contribution in [3.8, 4) is 0 Å². The topological polar surface area (TPSA) is 79.8 Å². The quantitative estimate of drug-likeness (QED) is 0.496. The molecule has 1 aliphatic rings. The summed E-state index contributed by atoms with van der Waals surface area (Å²) in [7, 11) is 0. The largest absolute Gasteiger partial charge is 0.422 e. The monoisotopic (exact) mass is 390 g/mol. The van der Waals surface area contributed by atoms with Gasteiger partial charge in [0.2, 0.25) is 0 Å². The first-order valence-corrected chi connectivity index (χ1v) is 9.74. The summed E-state index contributed by atoms with van der Waals surface area (Å²) in [6.07, 6.45) is 3.47. The van der Waals surface area contributed by atoms with Crippen molar-refractivity contribution in [3.63, 3.8) is 0 Å². The third-order valence-corrected chi connectivity index (χ3v) is 5.54. The lowest BCUT2D eigenvalue weighted by atomic mass is 10.0. The molecule has 1 aromatic carbocycles. The molecule has 0 atom stereocenters. The number of hydrogen-bond acceptors (Lipinski definition) is 7. The van der Waals surface area contributed by atoms with Crippen LogP contribution in [0.25, 0.3) is 16.7 Å². The van der Waals surface area contributed by atoms with Crippen molar-refractivity contribution in [2.75, 3.05) is 31.1 Å². The zero-order chi connectivity index (χ0) is 20.0. The number of benzene rings is 1. The fourth-order valence-electron chi connectivity index (χ4n) is 4.17. The normalized spacial score (nSPS) is 15.4. The van der Waals surface area contributed by atoms with E-state index in [9.17, 15) is 4.79 Å². The molecule has 4 aromatic rings. The molecule has 8 nitrogen and oxygen atoms in total. The van der Waals surface area contributed by atoms with Crippen LogP contribution in [0.3, 0.4) is 0 Å². The highest BCUT2D eigenvalue weighted by Gasteiger charge is 2.21. The Bertz CT molecular complexity index is 1250. The van der Waals surface area contributed by atoms with Crippen molar-refractivity contribution in [2.45, 2.75) is 20.4 Å². The summed E-state index contributed by atoms with van der Waals surface area (Å²) in [5, 5.41) is 9.01. The lowest BCUT2D eigenvalue weighted by Gasteiger charge is -2.36. The van der Waals surface area contributed by atoms with E-state index >= 15 is 0 Å². The summed E-state index contributed by atoms with van der Waals surface area (Å²) in [6.45, 7) is 8.36. The maximum atomic E-state index is 12.1. The Hall–Kier alpha value is -3.26. The number of rotatable bonds is 3. The summed E-state index contributed by atoms with van der Waals surface area (Å²) < 4.78 is 7.40. The number of nitrogens with zero attached hydrogens (tertiary/aromatic N) is 6. The van der Waals surface area contributed by atoms with Crippen LogP contribution in [-0.4, -0.2) is 50.7 Å². The first-order valence-electron chi connectivity index (χ1n) is 9.74. The fraction of sp³-hybridized carbons (Fsp3) is 0.333. The van der Waals surface area contributed by atoms with Gasteiger partial charge >= 0.3 is 5.63 Å². The lowest BCUT2D eigenvalue weighted by molar-refractivity contribution is 0.249. The average molecular weight is 390 g/mol. The Balaban J connectivity index is 1.37. The van der Waals surface area contributed by atoms with E-state index in [2.05, 4.69) is 38.0 Å². The van der Waals surface area contributed by atoms with Crippen molar-refractivity contribution in [1.29, 1.82) is 0 Å². The van der Waals surface area contributed by atoms with Crippen LogP contribution in [0.1, 0.15) is 16.7 Å². The average Bonchev–Trinajstić information content (AvgIpc) is 3.18. The molecule has 0 bridgehead atoms. The Morgan fingerprint density at radius 1 is 1.10 bits per heavy atom. The van der Waals surface area contributed by atoms with E-state index in [4.69, 9.17) is 4.42 Å². The molecule has 4 heterocycles. The fourth-order valence-corrected chi connectivity index (χ4v) is 4.17. The summed E-state index contributed by atoms with van der Waals surface area (Å²) in [4.78, 5) is 21.0. The van der Waals surface area contributed by atoms with E-state index in [1.807, 2.05) is 23.5 Å². The van der Waals surface area contributed by atoms with Gasteiger partial charge in [-0.1, -0.05) is 6.07 Å². The van der Waals surface area contributed by atoms with Crippen LogP contribution < -0.4 is 10.5 Å². The summed E-state index contributed by atoms with van der Waals surface area (Å²) >= 11 is 0. The van der Waals surface area contributed by atoms with E-state index in [1.54, 1.807) is 18.6 Å². The molecule has 0 saturated carbocycles. The maximum Gasteiger partial charge on any atom is 0.336 e. The highest BCUT2D eigenvalue weighted by atomic mass is 16.4. The van der Waals surface area contributed by atoms with Crippen LogP contribution in [0.2, 0.25) is 0 Å². The number of aromatic nitrogens is 4. The van der Waals surface area contributed by atoms with Gasteiger partial charge in [0.25, 0.3) is 5.78 Å². The standard InChI is InChI=1S/C21H22N6O2/c1-14-9-15(2)20-17(10-14)16(11-19(28)29-20)12-25-5-7-26(8-6-25)18-3-4-22-21-24-23-13-27(18)21/h3-4,9-11,13H,5-8,12H2,1-2H3. The third kappa shape index (κ3) is 3.25. The van der Waals surface area contributed by atoms with Gasteiger partial charge in [-0.2, -0.15) is 0 Å². The van der Waals surface area contributed by atoms with E-state index < -0.39 is 0 Å². The van der Waals surface area contributed by atoms with E-state index in [0.717, 1.165) is 55.1 Å². The van der Waals surface area contributed by atoms with Crippen LogP contribution in [0.5, 0.6) is 0 Å². The number of piperazine rings is 1. The van der Waals surface area contributed by atoms with Gasteiger partial charge in [-0.25, -0.2) is 9.78 Å². The molecule has 0 N–H and O–H groups in total. The van der Waals surface area contributed by atoms with Crippen LogP contribution in [0.4, 0.5) is 5.82 Å². The first-order chi connectivity index (χ1) is 14.1. The zero-order valence-electron chi connectivity index (χ0n) is 16.5. The van der Waals surface area contributed by atoms with Gasteiger partial charge in [0, 0.05) is 50.4 Å². The van der Waals surface area contributed by atoms with Crippen molar-refractivity contribution in [3.05, 3.63) is 63.9 Å². The van der Waals surface area contributed by atoms with Crippen LogP contribution in [-0.2, 0) is 6.54 Å². The molecule has 1 aliphatic heterocycles. The van der Waals surface area contributed by atoms with Crippen LogP contribution in [0.15, 0.2) is 46.0 Å². The molecule has 148 valence electrons. The Labute approximate surface area is 167 Å². The Kier molecular flexibility index (Phi) is 4.28. The van der Waals surface area contributed by atoms with E-state index in [-0.39, 0.29) is 5.63 Å². The molecule has 0 aliphatic carbocycles. The van der Waals surface area contributed by atoms with Gasteiger partial charge < -0.3 is 9.32 Å². The van der Waals surface area contributed by atoms with Gasteiger partial charge in [0.1, 0.15) is 17.7 Å². The summed E-state index contributed by atoms with van der Waals surface area (Å²) in [6, 6.07) is 7.79. The van der Waals surface area contributed by atoms with Crippen molar-refractivity contribution in [2.24, 2.45) is 0 Å². The second-order valence-corrected chi connectivity index (χ2v) is 7.62. The van der Waals surface area contributed by atoms with Gasteiger partial charge in [-0.05, 0) is 42.7 Å². The molecule has 0 amide bonds. The van der Waals surface area contributed by atoms with E-state index in [1.165, 1.54) is 5.56 Å². The van der Waals surface area contributed by atoms with Crippen molar-refractivity contribution >= 4 is 22.6 Å². The highest BCUT2D eigenvalue weighted by Crippen LogP contribution is 2.24. The number of anilines is 1. The van der Waals surface area contributed by atoms with Crippen LogP contribution >= 0.6 is 0 Å². The highest BCUT2D eigenvalue weighted by molar-refractivity contribution is 5.83. The van der Waals surface area contributed by atoms with Gasteiger partial charge in [0.15, 0.2) is 0 Å². The molecule has 1 saturated heterocycles. The molecule has 5 rings (SSSR count). The number of hydrogen-bond donors (Lipinski definition) is 0. The number of fused-ring (bicyclic) bond motifs is 2. The predicted molar refractivity (Wildman–Crippen MR) is 110 cm³/mol. The zero-order valence-corrected chi connectivity index (χ0v) is 16.5. The van der Waals surface area contributed by atoms with Gasteiger partial charge in [-0.15, -0.1) is 10.2 Å². The molecule has 1 fully saturated rings. The summed E-state index contributed by atoms with van der Waals surface area (Å²) in [5.74, 6) is 1.66. The second kappa shape index (κ2) is 6.97. The van der Waals surface area contributed by atoms with Crippen LogP contribution in [0, 0.1) is 13.8 Å². The maximum absolute atomic E-state index is 12.1. The smallest absolute Gasteiger partial charge is 0.336 e. The Morgan fingerprint density at radius 2 is 1.93 bits per heavy atom. The lowest BCUT2D eigenvalue weighted by Crippen LogP contribution is -2.46.